The van der Waals surface area contributed by atoms with Crippen molar-refractivity contribution in [3.8, 4) is 0 Å². The summed E-state index contributed by atoms with van der Waals surface area (Å²) in [6.45, 7) is 0.128. The van der Waals surface area contributed by atoms with Crippen molar-refractivity contribution >= 4 is 23.3 Å². The van der Waals surface area contributed by atoms with Crippen LogP contribution in [0.4, 0.5) is 14.5 Å². The number of benzene rings is 1. The van der Waals surface area contributed by atoms with Gasteiger partial charge in [-0.25, -0.2) is 13.6 Å². The van der Waals surface area contributed by atoms with Crippen LogP contribution in [0.2, 0.25) is 5.02 Å². The minimum atomic E-state index is -1.31. The largest absolute Gasteiger partial charge is 0.466 e. The molecular formula is C15H14ClF2NO2. The van der Waals surface area contributed by atoms with Gasteiger partial charge in [-0.05, 0) is 17.7 Å². The third-order valence-corrected chi connectivity index (χ3v) is 3.47. The molecule has 1 atom stereocenters. The number of carbonyl (C=O) groups is 1. The van der Waals surface area contributed by atoms with Crippen LogP contribution in [-0.4, -0.2) is 25.8 Å². The molecule has 6 heteroatoms. The number of esters is 1. The molecule has 0 spiro atoms. The molecule has 0 saturated heterocycles. The van der Waals surface area contributed by atoms with Crippen LogP contribution in [0.15, 0.2) is 41.5 Å². The van der Waals surface area contributed by atoms with Gasteiger partial charge >= 0.3 is 5.97 Å². The van der Waals surface area contributed by atoms with Crippen LogP contribution in [0.1, 0.15) is 6.42 Å². The SMILES string of the molecule is COC(=O)C1=CC=C(CNc2cccc(Cl)c2F)C(F)C1. The van der Waals surface area contributed by atoms with Crippen LogP contribution in [0.3, 0.4) is 0 Å². The molecule has 0 heterocycles. The summed E-state index contributed by atoms with van der Waals surface area (Å²) in [6, 6.07) is 4.56. The Morgan fingerprint density at radius 2 is 2.24 bits per heavy atom. The summed E-state index contributed by atoms with van der Waals surface area (Å²) in [7, 11) is 1.25. The summed E-state index contributed by atoms with van der Waals surface area (Å²) in [5.74, 6) is -1.11. The van der Waals surface area contributed by atoms with Crippen LogP contribution in [0.5, 0.6) is 0 Å². The predicted octanol–water partition coefficient (Wildman–Crippen LogP) is 3.66. The Balaban J connectivity index is 2.06. The number of ether oxygens (including phenoxy) is 1. The summed E-state index contributed by atoms with van der Waals surface area (Å²) >= 11 is 5.67. The average Bonchev–Trinajstić information content (AvgIpc) is 2.49. The highest BCUT2D eigenvalue weighted by Gasteiger charge is 2.23. The number of methoxy groups -OCH3 is 1. The van der Waals surface area contributed by atoms with E-state index >= 15 is 0 Å². The molecular weight excluding hydrogens is 300 g/mol. The molecule has 0 aromatic heterocycles. The van der Waals surface area contributed by atoms with Crippen molar-refractivity contribution < 1.29 is 18.3 Å². The van der Waals surface area contributed by atoms with Gasteiger partial charge < -0.3 is 10.1 Å². The molecule has 0 radical (unpaired) electrons. The second-order valence-electron chi connectivity index (χ2n) is 4.55. The molecule has 0 aliphatic heterocycles. The van der Waals surface area contributed by atoms with Crippen molar-refractivity contribution in [2.45, 2.75) is 12.6 Å². The second kappa shape index (κ2) is 6.72. The number of nitrogens with one attached hydrogen (secondary N) is 1. The van der Waals surface area contributed by atoms with E-state index in [9.17, 15) is 13.6 Å². The van der Waals surface area contributed by atoms with Crippen LogP contribution in [0.25, 0.3) is 0 Å². The van der Waals surface area contributed by atoms with Gasteiger partial charge in [-0.1, -0.05) is 29.8 Å². The standard InChI is InChI=1S/C15H14ClF2NO2/c1-21-15(20)9-5-6-10(12(17)7-9)8-19-13-4-2-3-11(16)14(13)18/h2-6,12,19H,7-8H2,1H3. The van der Waals surface area contributed by atoms with Crippen molar-refractivity contribution in [2.75, 3.05) is 19.0 Å². The highest BCUT2D eigenvalue weighted by Crippen LogP contribution is 2.25. The van der Waals surface area contributed by atoms with Gasteiger partial charge in [0.25, 0.3) is 0 Å². The zero-order valence-corrected chi connectivity index (χ0v) is 12.1. The minimum Gasteiger partial charge on any atom is -0.466 e. The molecule has 0 fully saturated rings. The third-order valence-electron chi connectivity index (χ3n) is 3.18. The Morgan fingerprint density at radius 3 is 2.90 bits per heavy atom. The number of alkyl halides is 1. The van der Waals surface area contributed by atoms with Crippen LogP contribution >= 0.6 is 11.6 Å². The molecule has 21 heavy (non-hydrogen) atoms. The van der Waals surface area contributed by atoms with E-state index in [1.165, 1.54) is 31.4 Å². The average molecular weight is 314 g/mol. The van der Waals surface area contributed by atoms with E-state index < -0.39 is 18.0 Å². The van der Waals surface area contributed by atoms with Crippen LogP contribution in [0, 0.1) is 5.82 Å². The molecule has 1 aromatic carbocycles. The summed E-state index contributed by atoms with van der Waals surface area (Å²) in [5.41, 5.74) is 0.919. The monoisotopic (exact) mass is 313 g/mol. The van der Waals surface area contributed by atoms with Crippen molar-refractivity contribution in [1.82, 2.24) is 0 Å². The Labute approximate surface area is 126 Å². The Bertz CT molecular complexity index is 614. The first-order valence-corrected chi connectivity index (χ1v) is 6.70. The Morgan fingerprint density at radius 1 is 1.48 bits per heavy atom. The van der Waals surface area contributed by atoms with Crippen LogP contribution < -0.4 is 5.32 Å². The number of carbonyl (C=O) groups excluding carboxylic acids is 1. The van der Waals surface area contributed by atoms with E-state index in [0.29, 0.717) is 5.57 Å². The number of hydrogen-bond acceptors (Lipinski definition) is 3. The number of halogens is 3. The highest BCUT2D eigenvalue weighted by atomic mass is 35.5. The van der Waals surface area contributed by atoms with E-state index in [0.717, 1.165) is 0 Å². The normalized spacial score (nSPS) is 17.8. The molecule has 1 aromatic rings. The third kappa shape index (κ3) is 3.61. The summed E-state index contributed by atoms with van der Waals surface area (Å²) in [4.78, 5) is 11.3. The van der Waals surface area contributed by atoms with E-state index in [1.54, 1.807) is 6.07 Å². The van der Waals surface area contributed by atoms with Crippen molar-refractivity contribution in [3.05, 3.63) is 52.3 Å². The number of hydrogen-bond donors (Lipinski definition) is 1. The van der Waals surface area contributed by atoms with Gasteiger partial charge in [0.2, 0.25) is 0 Å². The van der Waals surface area contributed by atoms with Crippen molar-refractivity contribution in [3.63, 3.8) is 0 Å². The van der Waals surface area contributed by atoms with Gasteiger partial charge in [-0.2, -0.15) is 0 Å². The fraction of sp³-hybridized carbons (Fsp3) is 0.267. The smallest absolute Gasteiger partial charge is 0.333 e. The second-order valence-corrected chi connectivity index (χ2v) is 4.96. The van der Waals surface area contributed by atoms with E-state index in [2.05, 4.69) is 10.1 Å². The molecule has 0 saturated carbocycles. The molecule has 3 nitrogen and oxygen atoms in total. The van der Waals surface area contributed by atoms with Crippen LogP contribution in [-0.2, 0) is 9.53 Å². The molecule has 1 unspecified atom stereocenters. The first kappa shape index (κ1) is 15.5. The van der Waals surface area contributed by atoms with E-state index in [1.807, 2.05) is 0 Å². The van der Waals surface area contributed by atoms with Gasteiger partial charge in [-0.3, -0.25) is 0 Å². The lowest BCUT2D eigenvalue weighted by Gasteiger charge is -2.19. The zero-order valence-electron chi connectivity index (χ0n) is 11.3. The lowest BCUT2D eigenvalue weighted by molar-refractivity contribution is -0.136. The van der Waals surface area contributed by atoms with Gasteiger partial charge in [-0.15, -0.1) is 0 Å². The van der Waals surface area contributed by atoms with E-state index in [4.69, 9.17) is 11.6 Å². The zero-order chi connectivity index (χ0) is 15.4. The molecule has 0 amide bonds. The fourth-order valence-electron chi connectivity index (χ4n) is 1.99. The molecule has 112 valence electrons. The van der Waals surface area contributed by atoms with E-state index in [-0.39, 0.29) is 29.2 Å². The highest BCUT2D eigenvalue weighted by molar-refractivity contribution is 6.31. The summed E-state index contributed by atoms with van der Waals surface area (Å²) in [5, 5.41) is 2.80. The Hall–Kier alpha value is -1.88. The van der Waals surface area contributed by atoms with Gasteiger partial charge in [0, 0.05) is 18.5 Å². The molecule has 0 bridgehead atoms. The minimum absolute atomic E-state index is 0.00213. The van der Waals surface area contributed by atoms with Crippen molar-refractivity contribution in [1.29, 1.82) is 0 Å². The fourth-order valence-corrected chi connectivity index (χ4v) is 2.17. The maximum absolute atomic E-state index is 14.0. The topological polar surface area (TPSA) is 38.3 Å². The maximum atomic E-state index is 14.0. The first-order chi connectivity index (χ1) is 10.0. The Kier molecular flexibility index (Phi) is 4.96. The lowest BCUT2D eigenvalue weighted by atomic mass is 9.96. The lowest BCUT2D eigenvalue weighted by Crippen LogP contribution is -2.20. The van der Waals surface area contributed by atoms with Gasteiger partial charge in [0.05, 0.1) is 17.8 Å². The molecule has 1 aliphatic rings. The predicted molar refractivity (Wildman–Crippen MR) is 77.6 cm³/mol. The molecule has 2 rings (SSSR count). The number of allylic oxidation sites excluding steroid dienone is 2. The molecule has 1 N–H and O–H groups in total. The van der Waals surface area contributed by atoms with Gasteiger partial charge in [0.1, 0.15) is 6.17 Å². The molecule has 1 aliphatic carbocycles. The first-order valence-electron chi connectivity index (χ1n) is 6.32. The quantitative estimate of drug-likeness (QED) is 0.862. The summed E-state index contributed by atoms with van der Waals surface area (Å²) < 4.78 is 32.2. The van der Waals surface area contributed by atoms with Crippen molar-refractivity contribution in [2.24, 2.45) is 0 Å². The summed E-state index contributed by atoms with van der Waals surface area (Å²) in [6.07, 6.45) is 1.68. The maximum Gasteiger partial charge on any atom is 0.333 e. The number of rotatable bonds is 4. The van der Waals surface area contributed by atoms with Gasteiger partial charge in [0.15, 0.2) is 5.82 Å². The number of anilines is 1.